The molecule has 3 aromatic rings. The first kappa shape index (κ1) is 39.1. The van der Waals surface area contributed by atoms with E-state index < -0.39 is 46.5 Å². The van der Waals surface area contributed by atoms with E-state index in [0.29, 0.717) is 22.4 Å². The Hall–Kier alpha value is -5.33. The molecule has 4 N–H and O–H groups in total. The van der Waals surface area contributed by atoms with Crippen molar-refractivity contribution >= 4 is 47.1 Å². The quantitative estimate of drug-likeness (QED) is 0.196. The molecule has 0 aliphatic carbocycles. The van der Waals surface area contributed by atoms with E-state index in [1.54, 1.807) is 138 Å². The maximum atomic E-state index is 12.6. The van der Waals surface area contributed by atoms with E-state index >= 15 is 0 Å². The van der Waals surface area contributed by atoms with Crippen LogP contribution in [0.4, 0.5) is 41.9 Å². The number of hydrogen-bond acceptors (Lipinski definition) is 5. The lowest BCUT2D eigenvalue weighted by Crippen LogP contribution is -2.49. The van der Waals surface area contributed by atoms with Crippen LogP contribution in [0.2, 0.25) is 0 Å². The minimum absolute atomic E-state index is 0.170. The van der Waals surface area contributed by atoms with Gasteiger partial charge in [0.15, 0.2) is 0 Å². The number of carbonyl (C=O) groups is 4. The predicted molar refractivity (Wildman–Crippen MR) is 196 cm³/mol. The third-order valence-corrected chi connectivity index (χ3v) is 7.76. The van der Waals surface area contributed by atoms with E-state index in [9.17, 15) is 39.6 Å². The van der Waals surface area contributed by atoms with Gasteiger partial charge in [0, 0.05) is 39.5 Å². The second kappa shape index (κ2) is 13.5. The Morgan fingerprint density at radius 2 is 0.740 bits per heavy atom. The van der Waals surface area contributed by atoms with Crippen molar-refractivity contribution in [3.8, 4) is 22.4 Å². The van der Waals surface area contributed by atoms with Crippen LogP contribution in [0.3, 0.4) is 0 Å². The van der Waals surface area contributed by atoms with E-state index in [-0.39, 0.29) is 22.7 Å². The van der Waals surface area contributed by atoms with Crippen molar-refractivity contribution in [1.82, 2.24) is 4.98 Å². The van der Waals surface area contributed by atoms with Gasteiger partial charge in [-0.15, -0.1) is 0 Å². The van der Waals surface area contributed by atoms with Crippen molar-refractivity contribution in [2.75, 3.05) is 19.6 Å². The van der Waals surface area contributed by atoms with Crippen LogP contribution in [-0.2, 0) is 0 Å². The van der Waals surface area contributed by atoms with E-state index in [1.807, 2.05) is 0 Å². The lowest BCUT2D eigenvalue weighted by molar-refractivity contribution is 0.193. The normalized spacial score (nSPS) is 12.2. The number of carboxylic acid groups (broad SMARTS) is 4. The molecule has 1 heterocycles. The number of aromatic nitrogens is 1. The van der Waals surface area contributed by atoms with Crippen molar-refractivity contribution in [2.45, 2.75) is 105 Å². The molecule has 0 bridgehead atoms. The maximum Gasteiger partial charge on any atom is 0.412 e. The van der Waals surface area contributed by atoms with Gasteiger partial charge in [0.1, 0.15) is 0 Å². The maximum absolute atomic E-state index is 12.6. The van der Waals surface area contributed by atoms with Gasteiger partial charge in [0.25, 0.3) is 0 Å². The van der Waals surface area contributed by atoms with Crippen molar-refractivity contribution in [2.24, 2.45) is 0 Å². The summed E-state index contributed by atoms with van der Waals surface area (Å²) in [6.45, 7) is 20.6. The van der Waals surface area contributed by atoms with Gasteiger partial charge in [-0.3, -0.25) is 24.6 Å². The van der Waals surface area contributed by atoms with E-state index in [1.165, 1.54) is 0 Å². The molecule has 0 aliphatic heterocycles. The lowest BCUT2D eigenvalue weighted by atomic mass is 9.98. The average molecular weight is 692 g/mol. The monoisotopic (exact) mass is 691 g/mol. The highest BCUT2D eigenvalue weighted by atomic mass is 16.4. The summed E-state index contributed by atoms with van der Waals surface area (Å²) in [5.74, 6) is 0. The Balaban J connectivity index is 2.25. The number of amides is 4. The molecule has 0 radical (unpaired) electrons. The molecule has 50 heavy (non-hydrogen) atoms. The van der Waals surface area contributed by atoms with Crippen LogP contribution in [0.25, 0.3) is 22.4 Å². The Bertz CT molecular complexity index is 1650. The first-order valence-electron chi connectivity index (χ1n) is 16.1. The molecule has 13 heteroatoms. The number of anilines is 4. The van der Waals surface area contributed by atoms with E-state index in [0.717, 1.165) is 19.6 Å². The molecule has 0 atom stereocenters. The Labute approximate surface area is 293 Å². The zero-order valence-corrected chi connectivity index (χ0v) is 30.9. The fourth-order valence-corrected chi connectivity index (χ4v) is 5.86. The highest BCUT2D eigenvalue weighted by molar-refractivity contribution is 6.01. The lowest BCUT2D eigenvalue weighted by Gasteiger charge is -2.39. The van der Waals surface area contributed by atoms with Crippen molar-refractivity contribution in [3.63, 3.8) is 0 Å². The number of hydrogen-bond donors (Lipinski definition) is 4. The third-order valence-electron chi connectivity index (χ3n) is 7.76. The standard InChI is InChI=1S/C37H49N5O8/c1-34(2,3)39(30(43)44)26-17-14-22(19-28(26)41(32(47)48)36(7,8)9)24-13-16-25(38-21-24)23-15-18-27(40(31(45)46)35(4,5)6)29(20-23)42(33(49)50)37(10,11)12/h13-21H,1-12H3,(H,43,44)(H,45,46)(H,47,48)(H,49,50). The zero-order valence-electron chi connectivity index (χ0n) is 30.9. The third kappa shape index (κ3) is 8.27. The van der Waals surface area contributed by atoms with Crippen LogP contribution in [0, 0.1) is 0 Å². The first-order chi connectivity index (χ1) is 22.7. The molecule has 0 saturated carbocycles. The van der Waals surface area contributed by atoms with Gasteiger partial charge in [0.2, 0.25) is 0 Å². The van der Waals surface area contributed by atoms with Gasteiger partial charge in [-0.05, 0) is 119 Å². The minimum atomic E-state index is -1.25. The Morgan fingerprint density at radius 1 is 0.440 bits per heavy atom. The highest BCUT2D eigenvalue weighted by Crippen LogP contribution is 2.42. The fraction of sp³-hybridized carbons (Fsp3) is 0.432. The van der Waals surface area contributed by atoms with Crippen LogP contribution in [0.15, 0.2) is 54.7 Å². The Kier molecular flexibility index (Phi) is 10.6. The zero-order chi connectivity index (χ0) is 38.3. The number of benzene rings is 2. The smallest absolute Gasteiger partial charge is 0.412 e. The number of pyridine rings is 1. The molecule has 0 aliphatic rings. The van der Waals surface area contributed by atoms with Gasteiger partial charge < -0.3 is 20.4 Å². The van der Waals surface area contributed by atoms with E-state index in [2.05, 4.69) is 4.98 Å². The van der Waals surface area contributed by atoms with Crippen LogP contribution in [0.5, 0.6) is 0 Å². The summed E-state index contributed by atoms with van der Waals surface area (Å²) >= 11 is 0. The average Bonchev–Trinajstić information content (AvgIpc) is 2.91. The molecule has 0 unspecified atom stereocenters. The van der Waals surface area contributed by atoms with Gasteiger partial charge >= 0.3 is 24.4 Å². The molecule has 270 valence electrons. The second-order valence-corrected chi connectivity index (χ2v) is 16.0. The summed E-state index contributed by atoms with van der Waals surface area (Å²) in [6.07, 6.45) is -3.39. The van der Waals surface area contributed by atoms with Gasteiger partial charge in [-0.1, -0.05) is 18.2 Å². The van der Waals surface area contributed by atoms with Crippen molar-refractivity contribution < 1.29 is 39.6 Å². The summed E-state index contributed by atoms with van der Waals surface area (Å²) in [5.41, 5.74) is -0.674. The molecule has 0 spiro atoms. The molecule has 0 saturated heterocycles. The summed E-state index contributed by atoms with van der Waals surface area (Å²) in [6, 6.07) is 13.3. The first-order valence-corrected chi connectivity index (χ1v) is 16.1. The van der Waals surface area contributed by atoms with Gasteiger partial charge in [-0.2, -0.15) is 0 Å². The molecule has 4 amide bonds. The molecule has 0 fully saturated rings. The van der Waals surface area contributed by atoms with Gasteiger partial charge in [0.05, 0.1) is 28.4 Å². The molecule has 2 aromatic carbocycles. The van der Waals surface area contributed by atoms with E-state index in [4.69, 9.17) is 0 Å². The predicted octanol–water partition coefficient (Wildman–Crippen LogP) is 9.55. The largest absolute Gasteiger partial charge is 0.465 e. The summed E-state index contributed by atoms with van der Waals surface area (Å²) < 4.78 is 0. The number of nitrogens with zero attached hydrogens (tertiary/aromatic N) is 5. The summed E-state index contributed by atoms with van der Waals surface area (Å²) in [5, 5.41) is 40.9. The van der Waals surface area contributed by atoms with Crippen LogP contribution >= 0.6 is 0 Å². The molecule has 3 rings (SSSR count). The number of rotatable bonds is 6. The van der Waals surface area contributed by atoms with Crippen molar-refractivity contribution in [3.05, 3.63) is 54.7 Å². The van der Waals surface area contributed by atoms with Crippen LogP contribution in [0.1, 0.15) is 83.1 Å². The topological polar surface area (TPSA) is 175 Å². The molecular formula is C37H49N5O8. The Morgan fingerprint density at radius 3 is 1.04 bits per heavy atom. The summed E-state index contributed by atoms with van der Waals surface area (Å²) in [7, 11) is 0. The molecule has 13 nitrogen and oxygen atoms in total. The molecule has 1 aromatic heterocycles. The minimum Gasteiger partial charge on any atom is -0.465 e. The summed E-state index contributed by atoms with van der Waals surface area (Å²) in [4.78, 5) is 59.3. The SMILES string of the molecule is CC(C)(C)N(C(=O)O)c1ccc(-c2ccc(-c3ccc(N(C(=O)O)C(C)(C)C)c(N(C(=O)O)C(C)(C)C)c3)nc2)cc1N(C(=O)O)C(C)(C)C. The second-order valence-electron chi connectivity index (χ2n) is 16.0. The highest BCUT2D eigenvalue weighted by Gasteiger charge is 2.38. The van der Waals surface area contributed by atoms with Gasteiger partial charge in [-0.25, -0.2) is 19.2 Å². The molecular weight excluding hydrogens is 642 g/mol. The van der Waals surface area contributed by atoms with Crippen LogP contribution in [-0.4, -0.2) is 71.9 Å². The fourth-order valence-electron chi connectivity index (χ4n) is 5.86. The van der Waals surface area contributed by atoms with Crippen molar-refractivity contribution in [1.29, 1.82) is 0 Å². The van der Waals surface area contributed by atoms with Crippen LogP contribution < -0.4 is 19.6 Å².